The standard InChI is InChI=1S/C15H15BrN2O2/c16-13-7-8-20-14(13)9-17-11-3-5-12(6-4-11)18-15(19)10-1-2-10/h3-8,10,17H,1-2,9H2,(H,18,19). The quantitative estimate of drug-likeness (QED) is 0.868. The molecule has 5 heteroatoms. The number of halogens is 1. The largest absolute Gasteiger partial charge is 0.466 e. The van der Waals surface area contributed by atoms with Crippen molar-refractivity contribution in [1.82, 2.24) is 0 Å². The Morgan fingerprint density at radius 1 is 1.20 bits per heavy atom. The zero-order chi connectivity index (χ0) is 13.9. The van der Waals surface area contributed by atoms with E-state index < -0.39 is 0 Å². The molecule has 1 aliphatic carbocycles. The monoisotopic (exact) mass is 334 g/mol. The molecule has 2 N–H and O–H groups in total. The van der Waals surface area contributed by atoms with E-state index in [-0.39, 0.29) is 11.8 Å². The van der Waals surface area contributed by atoms with E-state index in [1.54, 1.807) is 6.26 Å². The number of rotatable bonds is 5. The first-order chi connectivity index (χ1) is 9.72. The van der Waals surface area contributed by atoms with Crippen LogP contribution < -0.4 is 10.6 Å². The Labute approximate surface area is 125 Å². The normalized spacial score (nSPS) is 14.1. The number of hydrogen-bond acceptors (Lipinski definition) is 3. The topological polar surface area (TPSA) is 54.3 Å². The third kappa shape index (κ3) is 3.22. The highest BCUT2D eigenvalue weighted by Gasteiger charge is 2.29. The van der Waals surface area contributed by atoms with E-state index in [4.69, 9.17) is 4.42 Å². The second-order valence-corrected chi connectivity index (χ2v) is 5.74. The van der Waals surface area contributed by atoms with Crippen molar-refractivity contribution in [3.8, 4) is 0 Å². The van der Waals surface area contributed by atoms with E-state index in [0.29, 0.717) is 6.54 Å². The lowest BCUT2D eigenvalue weighted by Crippen LogP contribution is -2.13. The number of carbonyl (C=O) groups is 1. The zero-order valence-electron chi connectivity index (χ0n) is 10.9. The van der Waals surface area contributed by atoms with Crippen molar-refractivity contribution in [3.63, 3.8) is 0 Å². The van der Waals surface area contributed by atoms with Gasteiger partial charge in [-0.2, -0.15) is 0 Å². The molecule has 0 spiro atoms. The summed E-state index contributed by atoms with van der Waals surface area (Å²) >= 11 is 3.42. The van der Waals surface area contributed by atoms with E-state index in [1.165, 1.54) is 0 Å². The van der Waals surface area contributed by atoms with Gasteiger partial charge >= 0.3 is 0 Å². The maximum Gasteiger partial charge on any atom is 0.227 e. The fourth-order valence-electron chi connectivity index (χ4n) is 1.89. The van der Waals surface area contributed by atoms with Crippen LogP contribution in [0.3, 0.4) is 0 Å². The Bertz CT molecular complexity index is 603. The van der Waals surface area contributed by atoms with Crippen LogP contribution in [0.25, 0.3) is 0 Å². The van der Waals surface area contributed by atoms with Gasteiger partial charge in [0.05, 0.1) is 17.3 Å². The van der Waals surface area contributed by atoms with Crippen LogP contribution in [-0.2, 0) is 11.3 Å². The summed E-state index contributed by atoms with van der Waals surface area (Å²) in [5.41, 5.74) is 1.82. The van der Waals surface area contributed by atoms with E-state index >= 15 is 0 Å². The highest BCUT2D eigenvalue weighted by atomic mass is 79.9. The fraction of sp³-hybridized carbons (Fsp3) is 0.267. The van der Waals surface area contributed by atoms with Crippen molar-refractivity contribution >= 4 is 33.2 Å². The molecule has 0 bridgehead atoms. The molecule has 1 fully saturated rings. The van der Waals surface area contributed by atoms with Crippen molar-refractivity contribution in [1.29, 1.82) is 0 Å². The molecule has 1 aromatic carbocycles. The number of benzene rings is 1. The molecule has 4 nitrogen and oxygen atoms in total. The Hall–Kier alpha value is -1.75. The van der Waals surface area contributed by atoms with Crippen LogP contribution in [0, 0.1) is 5.92 Å². The minimum atomic E-state index is 0.130. The van der Waals surface area contributed by atoms with Crippen molar-refractivity contribution in [2.45, 2.75) is 19.4 Å². The number of furan rings is 1. The van der Waals surface area contributed by atoms with Crippen LogP contribution >= 0.6 is 15.9 Å². The van der Waals surface area contributed by atoms with Crippen molar-refractivity contribution < 1.29 is 9.21 Å². The van der Waals surface area contributed by atoms with Gasteiger partial charge in [0.2, 0.25) is 5.91 Å². The van der Waals surface area contributed by atoms with Gasteiger partial charge in [-0.25, -0.2) is 0 Å². The summed E-state index contributed by atoms with van der Waals surface area (Å²) < 4.78 is 6.29. The molecule has 20 heavy (non-hydrogen) atoms. The lowest BCUT2D eigenvalue weighted by molar-refractivity contribution is -0.117. The Kier molecular flexibility index (Phi) is 3.78. The molecule has 1 heterocycles. The third-order valence-electron chi connectivity index (χ3n) is 3.24. The van der Waals surface area contributed by atoms with E-state index in [9.17, 15) is 4.79 Å². The molecule has 3 rings (SSSR count). The average Bonchev–Trinajstić information content (AvgIpc) is 3.22. The molecule has 0 aliphatic heterocycles. The van der Waals surface area contributed by atoms with Gasteiger partial charge in [0.25, 0.3) is 0 Å². The summed E-state index contributed by atoms with van der Waals surface area (Å²) in [5, 5.41) is 6.18. The van der Waals surface area contributed by atoms with E-state index in [2.05, 4.69) is 26.6 Å². The average molecular weight is 335 g/mol. The van der Waals surface area contributed by atoms with Gasteiger partial charge in [-0.05, 0) is 59.1 Å². The molecular weight excluding hydrogens is 320 g/mol. The summed E-state index contributed by atoms with van der Waals surface area (Å²) in [5.74, 6) is 1.21. The SMILES string of the molecule is O=C(Nc1ccc(NCc2occc2Br)cc1)C1CC1. The summed E-state index contributed by atoms with van der Waals surface area (Å²) in [4.78, 5) is 11.6. The van der Waals surface area contributed by atoms with Crippen LogP contribution in [0.1, 0.15) is 18.6 Å². The Balaban J connectivity index is 1.55. The third-order valence-corrected chi connectivity index (χ3v) is 3.95. The molecule has 0 radical (unpaired) electrons. The molecule has 0 unspecified atom stereocenters. The maximum absolute atomic E-state index is 11.6. The predicted octanol–water partition coefficient (Wildman–Crippen LogP) is 4.00. The highest BCUT2D eigenvalue weighted by Crippen LogP contribution is 2.30. The predicted molar refractivity (Wildman–Crippen MR) is 81.5 cm³/mol. The lowest BCUT2D eigenvalue weighted by Gasteiger charge is -2.07. The first kappa shape index (κ1) is 13.2. The minimum Gasteiger partial charge on any atom is -0.466 e. The molecule has 104 valence electrons. The number of nitrogens with one attached hydrogen (secondary N) is 2. The fourth-order valence-corrected chi connectivity index (χ4v) is 2.24. The van der Waals surface area contributed by atoms with E-state index in [1.807, 2.05) is 30.3 Å². The van der Waals surface area contributed by atoms with Crippen molar-refractivity contribution in [2.75, 3.05) is 10.6 Å². The molecule has 1 aromatic heterocycles. The first-order valence-electron chi connectivity index (χ1n) is 6.59. The second kappa shape index (κ2) is 5.71. The number of hydrogen-bond donors (Lipinski definition) is 2. The lowest BCUT2D eigenvalue weighted by atomic mass is 10.2. The number of anilines is 2. The van der Waals surface area contributed by atoms with Crippen molar-refractivity contribution in [2.24, 2.45) is 5.92 Å². The molecular formula is C15H15BrN2O2. The van der Waals surface area contributed by atoms with Crippen LogP contribution in [0.2, 0.25) is 0 Å². The Morgan fingerprint density at radius 3 is 2.50 bits per heavy atom. The van der Waals surface area contributed by atoms with Crippen molar-refractivity contribution in [3.05, 3.63) is 46.8 Å². The van der Waals surface area contributed by atoms with Gasteiger partial charge < -0.3 is 15.1 Å². The van der Waals surface area contributed by atoms with Gasteiger partial charge in [0.15, 0.2) is 0 Å². The van der Waals surface area contributed by atoms with Crippen LogP contribution in [0.4, 0.5) is 11.4 Å². The van der Waals surface area contributed by atoms with Gasteiger partial charge in [0, 0.05) is 17.3 Å². The van der Waals surface area contributed by atoms with Gasteiger partial charge in [-0.1, -0.05) is 0 Å². The molecule has 1 aliphatic rings. The summed E-state index contributed by atoms with van der Waals surface area (Å²) in [7, 11) is 0. The number of carbonyl (C=O) groups excluding carboxylic acids is 1. The maximum atomic E-state index is 11.6. The molecule has 1 saturated carbocycles. The smallest absolute Gasteiger partial charge is 0.227 e. The summed E-state index contributed by atoms with van der Waals surface area (Å²) in [6.07, 6.45) is 3.69. The van der Waals surface area contributed by atoms with Gasteiger partial charge in [0.1, 0.15) is 5.76 Å². The van der Waals surface area contributed by atoms with E-state index in [0.717, 1.165) is 34.4 Å². The second-order valence-electron chi connectivity index (χ2n) is 4.89. The summed E-state index contributed by atoms with van der Waals surface area (Å²) in [6, 6.07) is 9.56. The molecule has 0 atom stereocenters. The van der Waals surface area contributed by atoms with Crippen LogP contribution in [-0.4, -0.2) is 5.91 Å². The summed E-state index contributed by atoms with van der Waals surface area (Å²) in [6.45, 7) is 0.612. The number of amides is 1. The zero-order valence-corrected chi connectivity index (χ0v) is 12.4. The molecule has 2 aromatic rings. The van der Waals surface area contributed by atoms with Gasteiger partial charge in [-0.3, -0.25) is 4.79 Å². The van der Waals surface area contributed by atoms with Crippen LogP contribution in [0.5, 0.6) is 0 Å². The highest BCUT2D eigenvalue weighted by molar-refractivity contribution is 9.10. The van der Waals surface area contributed by atoms with Gasteiger partial charge in [-0.15, -0.1) is 0 Å². The minimum absolute atomic E-state index is 0.130. The molecule has 0 saturated heterocycles. The molecule has 1 amide bonds. The van der Waals surface area contributed by atoms with Crippen LogP contribution in [0.15, 0.2) is 45.5 Å². The Morgan fingerprint density at radius 2 is 1.90 bits per heavy atom. The first-order valence-corrected chi connectivity index (χ1v) is 7.38.